The van der Waals surface area contributed by atoms with Crippen molar-refractivity contribution in [2.24, 2.45) is 0 Å². The lowest BCUT2D eigenvalue weighted by molar-refractivity contribution is 0.0499. The fourth-order valence-corrected chi connectivity index (χ4v) is 5.52. The number of hydrogen-bond acceptors (Lipinski definition) is 7. The van der Waals surface area contributed by atoms with Gasteiger partial charge in [0.05, 0.1) is 22.6 Å². The second-order valence-electron chi connectivity index (χ2n) is 12.8. The number of hydrogen-bond donors (Lipinski definition) is 2. The molecule has 1 saturated heterocycles. The topological polar surface area (TPSA) is 116 Å². The number of imidazole rings is 1. The van der Waals surface area contributed by atoms with E-state index in [2.05, 4.69) is 10.3 Å². The molecule has 1 aliphatic heterocycles. The summed E-state index contributed by atoms with van der Waals surface area (Å²) in [7, 11) is 0. The van der Waals surface area contributed by atoms with Gasteiger partial charge in [0.2, 0.25) is 0 Å². The van der Waals surface area contributed by atoms with Gasteiger partial charge in [-0.3, -0.25) is 4.40 Å². The highest BCUT2D eigenvalue weighted by Crippen LogP contribution is 2.37. The van der Waals surface area contributed by atoms with Gasteiger partial charge in [0.1, 0.15) is 23.3 Å². The minimum absolute atomic E-state index is 0.111. The molecule has 5 rings (SSSR count). The van der Waals surface area contributed by atoms with Crippen molar-refractivity contribution in [2.45, 2.75) is 71.1 Å². The van der Waals surface area contributed by atoms with Crippen molar-refractivity contribution in [3.05, 3.63) is 71.6 Å². The number of amides is 1. The zero-order valence-corrected chi connectivity index (χ0v) is 25.5. The van der Waals surface area contributed by atoms with Crippen molar-refractivity contribution in [3.63, 3.8) is 0 Å². The number of alkyl carbamates (subject to hydrolysis) is 1. The van der Waals surface area contributed by atoms with E-state index in [0.717, 1.165) is 12.8 Å². The monoisotopic (exact) mass is 602 g/mol. The van der Waals surface area contributed by atoms with E-state index in [-0.39, 0.29) is 23.6 Å². The van der Waals surface area contributed by atoms with Gasteiger partial charge in [0, 0.05) is 49.1 Å². The lowest BCUT2D eigenvalue weighted by Crippen LogP contribution is -2.49. The zero-order valence-electron chi connectivity index (χ0n) is 25.5. The van der Waals surface area contributed by atoms with Gasteiger partial charge in [-0.1, -0.05) is 12.1 Å². The number of nitrogens with one attached hydrogen (secondary N) is 1. The van der Waals surface area contributed by atoms with Gasteiger partial charge in [0.25, 0.3) is 0 Å². The molecule has 0 radical (unpaired) electrons. The molecule has 0 saturated carbocycles. The highest BCUT2D eigenvalue weighted by atomic mass is 19.1. The average Bonchev–Trinajstić information content (AvgIpc) is 3.31. The zero-order chi connectivity index (χ0) is 31.8. The molecular formula is C33H36F2N6O3. The van der Waals surface area contributed by atoms with Crippen molar-refractivity contribution in [1.82, 2.24) is 19.7 Å². The van der Waals surface area contributed by atoms with Crippen molar-refractivity contribution in [1.29, 1.82) is 5.26 Å². The molecule has 44 heavy (non-hydrogen) atoms. The van der Waals surface area contributed by atoms with E-state index in [1.165, 1.54) is 18.2 Å². The summed E-state index contributed by atoms with van der Waals surface area (Å²) >= 11 is 0. The molecule has 0 bridgehead atoms. The number of ether oxygens (including phenoxy) is 1. The van der Waals surface area contributed by atoms with E-state index < -0.39 is 28.9 Å². The molecule has 2 aromatic carbocycles. The Bertz CT molecular complexity index is 1750. The Kier molecular flexibility index (Phi) is 8.32. The molecule has 9 nitrogen and oxygen atoms in total. The molecule has 1 fully saturated rings. The number of benzene rings is 2. The van der Waals surface area contributed by atoms with Crippen LogP contribution in [-0.4, -0.2) is 55.9 Å². The fraction of sp³-hybridized carbons (Fsp3) is 0.394. The minimum atomic E-state index is -1.02. The van der Waals surface area contributed by atoms with Gasteiger partial charge in [-0.2, -0.15) is 5.26 Å². The van der Waals surface area contributed by atoms with E-state index in [4.69, 9.17) is 9.72 Å². The molecule has 0 aliphatic carbocycles. The van der Waals surface area contributed by atoms with Gasteiger partial charge < -0.3 is 20.1 Å². The second-order valence-corrected chi connectivity index (χ2v) is 12.8. The molecule has 2 N–H and O–H groups in total. The lowest BCUT2D eigenvalue weighted by atomic mass is 9.96. The van der Waals surface area contributed by atoms with Gasteiger partial charge in [0.15, 0.2) is 11.5 Å². The van der Waals surface area contributed by atoms with Gasteiger partial charge in [-0.15, -0.1) is 0 Å². The predicted octanol–water partition coefficient (Wildman–Crippen LogP) is 6.02. The molecule has 2 aromatic heterocycles. The minimum Gasteiger partial charge on any atom is -0.444 e. The normalized spacial score (nSPS) is 15.7. The molecule has 0 unspecified atom stereocenters. The van der Waals surface area contributed by atoms with E-state index in [1.807, 2.05) is 11.0 Å². The number of rotatable bonds is 6. The second kappa shape index (κ2) is 11.8. The summed E-state index contributed by atoms with van der Waals surface area (Å²) in [6.45, 7) is 9.84. The summed E-state index contributed by atoms with van der Waals surface area (Å²) in [5, 5.41) is 22.5. The third-order valence-electron chi connectivity index (χ3n) is 7.25. The van der Waals surface area contributed by atoms with E-state index in [9.17, 15) is 19.6 Å². The van der Waals surface area contributed by atoms with Crippen molar-refractivity contribution in [2.75, 3.05) is 18.0 Å². The Balaban J connectivity index is 1.60. The van der Waals surface area contributed by atoms with Crippen molar-refractivity contribution >= 4 is 17.6 Å². The number of fused-ring (bicyclic) bond motifs is 1. The van der Waals surface area contributed by atoms with E-state index in [1.54, 1.807) is 69.6 Å². The van der Waals surface area contributed by atoms with E-state index in [0.29, 0.717) is 47.1 Å². The Morgan fingerprint density at radius 1 is 1.16 bits per heavy atom. The maximum Gasteiger partial charge on any atom is 0.407 e. The first-order valence-corrected chi connectivity index (χ1v) is 14.5. The van der Waals surface area contributed by atoms with E-state index >= 15 is 4.39 Å². The third-order valence-corrected chi connectivity index (χ3v) is 7.25. The average molecular weight is 603 g/mol. The number of halogens is 2. The van der Waals surface area contributed by atoms with Crippen LogP contribution in [0.3, 0.4) is 0 Å². The summed E-state index contributed by atoms with van der Waals surface area (Å²) < 4.78 is 37.8. The maximum absolute atomic E-state index is 15.8. The Hall–Kier alpha value is -4.56. The van der Waals surface area contributed by atoms with Crippen LogP contribution >= 0.6 is 0 Å². The molecule has 1 amide bonds. The molecule has 1 atom stereocenters. The first-order chi connectivity index (χ1) is 20.7. The molecular weight excluding hydrogens is 566 g/mol. The number of carbonyl (C=O) groups excluding carboxylic acids is 1. The van der Waals surface area contributed by atoms with Crippen LogP contribution in [0.5, 0.6) is 0 Å². The summed E-state index contributed by atoms with van der Waals surface area (Å²) in [4.78, 5) is 24.0. The van der Waals surface area contributed by atoms with Crippen LogP contribution in [0.25, 0.3) is 28.2 Å². The SMILES string of the molecule is CC(C)(O)Cc1ccc(-c2c(-c3ccc(C#N)c(F)c3)nc3c(N4CCC[C@@H](NC(=O)OC(C)(C)C)C4)nccn23)c(F)c1. The first kappa shape index (κ1) is 30.9. The van der Waals surface area contributed by atoms with Crippen LogP contribution < -0.4 is 10.2 Å². The Morgan fingerprint density at radius 3 is 2.59 bits per heavy atom. The standard InChI is InChI=1S/C33H36F2N6O3/c1-32(2,3)44-31(42)38-23-7-6-13-40(19-23)29-30-39-27(21-9-10-22(18-36)25(34)16-21)28(41(30)14-12-37-29)24-11-8-20(15-26(24)35)17-33(4,5)43/h8-12,14-16,23,43H,6-7,13,17,19H2,1-5H3,(H,38,42)/t23-/m1/s1. The largest absolute Gasteiger partial charge is 0.444 e. The molecule has 4 aromatic rings. The van der Waals surface area contributed by atoms with Gasteiger partial charge in [-0.25, -0.2) is 23.5 Å². The molecule has 0 spiro atoms. The quantitative estimate of drug-likeness (QED) is 0.277. The highest BCUT2D eigenvalue weighted by Gasteiger charge is 2.28. The summed E-state index contributed by atoms with van der Waals surface area (Å²) in [5.41, 5.74) is 0.608. The number of carbonyl (C=O) groups is 1. The Morgan fingerprint density at radius 2 is 1.93 bits per heavy atom. The predicted molar refractivity (Wildman–Crippen MR) is 163 cm³/mol. The number of nitrogens with zero attached hydrogens (tertiary/aromatic N) is 5. The van der Waals surface area contributed by atoms with Crippen molar-refractivity contribution < 1.29 is 23.4 Å². The van der Waals surface area contributed by atoms with Crippen LogP contribution in [-0.2, 0) is 11.2 Å². The smallest absolute Gasteiger partial charge is 0.407 e. The summed E-state index contributed by atoms with van der Waals surface area (Å²) in [5.74, 6) is -0.704. The Labute approximate surface area is 255 Å². The summed E-state index contributed by atoms with van der Waals surface area (Å²) in [6, 6.07) is 10.6. The van der Waals surface area contributed by atoms with Crippen molar-refractivity contribution in [3.8, 4) is 28.6 Å². The number of aliphatic hydroxyl groups is 1. The molecule has 230 valence electrons. The van der Waals surface area contributed by atoms with Crippen LogP contribution in [0, 0.1) is 23.0 Å². The number of anilines is 1. The molecule has 11 heteroatoms. The maximum atomic E-state index is 15.8. The lowest BCUT2D eigenvalue weighted by Gasteiger charge is -2.34. The number of piperidine rings is 1. The third kappa shape index (κ3) is 6.81. The molecule has 1 aliphatic rings. The number of nitriles is 1. The van der Waals surface area contributed by atoms with Gasteiger partial charge >= 0.3 is 6.09 Å². The van der Waals surface area contributed by atoms with Crippen LogP contribution in [0.1, 0.15) is 58.6 Å². The van der Waals surface area contributed by atoms with Crippen LogP contribution in [0.15, 0.2) is 48.8 Å². The molecule has 3 heterocycles. The van der Waals surface area contributed by atoms with Crippen LogP contribution in [0.4, 0.5) is 19.4 Å². The highest BCUT2D eigenvalue weighted by molar-refractivity contribution is 5.85. The summed E-state index contributed by atoms with van der Waals surface area (Å²) in [6.07, 6.45) is 4.58. The first-order valence-electron chi connectivity index (χ1n) is 14.5. The fourth-order valence-electron chi connectivity index (χ4n) is 5.52. The van der Waals surface area contributed by atoms with Crippen LogP contribution in [0.2, 0.25) is 0 Å². The van der Waals surface area contributed by atoms with Gasteiger partial charge in [-0.05, 0) is 77.3 Å². The number of aromatic nitrogens is 3.